The van der Waals surface area contributed by atoms with Gasteiger partial charge in [0.1, 0.15) is 6.04 Å². The second kappa shape index (κ2) is 3.22. The summed E-state index contributed by atoms with van der Waals surface area (Å²) in [7, 11) is 1.88. The highest BCUT2D eigenvalue weighted by Crippen LogP contribution is 2.20. The van der Waals surface area contributed by atoms with Crippen LogP contribution >= 0.6 is 0 Å². The molecule has 1 heterocycles. The van der Waals surface area contributed by atoms with E-state index in [9.17, 15) is 4.79 Å². The minimum absolute atomic E-state index is 0.251. The maximum Gasteiger partial charge on any atom is 0.320 e. The lowest BCUT2D eigenvalue weighted by molar-refractivity contribution is -0.144. The molecule has 3 nitrogen and oxygen atoms in total. The number of aliphatic carboxylic acids is 1. The summed E-state index contributed by atoms with van der Waals surface area (Å²) in [6.45, 7) is 3.03. The number of hydrogen-bond donors (Lipinski definition) is 1. The Morgan fingerprint density at radius 2 is 2.27 bits per heavy atom. The van der Waals surface area contributed by atoms with Crippen molar-refractivity contribution in [2.24, 2.45) is 5.92 Å². The third kappa shape index (κ3) is 1.93. The van der Waals surface area contributed by atoms with Crippen molar-refractivity contribution in [3.05, 3.63) is 0 Å². The van der Waals surface area contributed by atoms with E-state index in [1.807, 2.05) is 11.9 Å². The van der Waals surface area contributed by atoms with Gasteiger partial charge in [-0.15, -0.1) is 0 Å². The van der Waals surface area contributed by atoms with Crippen LogP contribution in [0.5, 0.6) is 0 Å². The highest BCUT2D eigenvalue weighted by atomic mass is 16.4. The van der Waals surface area contributed by atoms with E-state index in [4.69, 9.17) is 5.11 Å². The molecule has 1 saturated heterocycles. The minimum atomic E-state index is -0.681. The zero-order valence-corrected chi connectivity index (χ0v) is 7.08. The van der Waals surface area contributed by atoms with E-state index < -0.39 is 5.97 Å². The first-order valence-corrected chi connectivity index (χ1v) is 4.04. The Kier molecular flexibility index (Phi) is 2.49. The van der Waals surface area contributed by atoms with Crippen molar-refractivity contribution in [1.29, 1.82) is 0 Å². The first-order chi connectivity index (χ1) is 5.11. The van der Waals surface area contributed by atoms with Crippen LogP contribution in [0.15, 0.2) is 0 Å². The van der Waals surface area contributed by atoms with E-state index in [0.717, 1.165) is 19.4 Å². The quantitative estimate of drug-likeness (QED) is 0.612. The van der Waals surface area contributed by atoms with Crippen LogP contribution in [0, 0.1) is 5.92 Å². The molecule has 2 atom stereocenters. The molecule has 11 heavy (non-hydrogen) atoms. The fourth-order valence-electron chi connectivity index (χ4n) is 1.55. The Labute approximate surface area is 67.0 Å². The van der Waals surface area contributed by atoms with Crippen molar-refractivity contribution < 1.29 is 9.90 Å². The molecular formula is C8H15NO2. The van der Waals surface area contributed by atoms with Crippen molar-refractivity contribution in [3.8, 4) is 0 Å². The summed E-state index contributed by atoms with van der Waals surface area (Å²) < 4.78 is 0. The Bertz CT molecular complexity index is 158. The fourth-order valence-corrected chi connectivity index (χ4v) is 1.55. The molecule has 64 valence electrons. The third-order valence-corrected chi connectivity index (χ3v) is 2.42. The Hall–Kier alpha value is -0.570. The van der Waals surface area contributed by atoms with Gasteiger partial charge in [-0.3, -0.25) is 9.69 Å². The molecule has 0 radical (unpaired) electrons. The van der Waals surface area contributed by atoms with Crippen molar-refractivity contribution in [3.63, 3.8) is 0 Å². The maximum atomic E-state index is 10.7. The minimum Gasteiger partial charge on any atom is -0.480 e. The van der Waals surface area contributed by atoms with Crippen molar-refractivity contribution in [1.82, 2.24) is 4.90 Å². The summed E-state index contributed by atoms with van der Waals surface area (Å²) in [6, 6.07) is -0.251. The second-order valence-corrected chi connectivity index (χ2v) is 3.46. The fraction of sp³-hybridized carbons (Fsp3) is 0.875. The molecular weight excluding hydrogens is 142 g/mol. The number of carboxylic acids is 1. The lowest BCUT2D eigenvalue weighted by Gasteiger charge is -2.32. The van der Waals surface area contributed by atoms with Crippen molar-refractivity contribution in [2.45, 2.75) is 25.8 Å². The van der Waals surface area contributed by atoms with E-state index in [-0.39, 0.29) is 6.04 Å². The predicted molar refractivity (Wildman–Crippen MR) is 42.5 cm³/mol. The molecule has 0 aliphatic carbocycles. The largest absolute Gasteiger partial charge is 0.480 e. The Morgan fingerprint density at radius 3 is 2.73 bits per heavy atom. The number of nitrogens with zero attached hydrogens (tertiary/aromatic N) is 1. The van der Waals surface area contributed by atoms with Gasteiger partial charge in [-0.2, -0.15) is 0 Å². The lowest BCUT2D eigenvalue weighted by atomic mass is 9.93. The first kappa shape index (κ1) is 8.53. The molecule has 0 spiro atoms. The maximum absolute atomic E-state index is 10.7. The van der Waals surface area contributed by atoms with Gasteiger partial charge in [0.05, 0.1) is 0 Å². The highest BCUT2D eigenvalue weighted by molar-refractivity contribution is 5.73. The van der Waals surface area contributed by atoms with E-state index in [1.165, 1.54) is 0 Å². The van der Waals surface area contributed by atoms with Crippen LogP contribution in [-0.2, 0) is 4.79 Å². The molecule has 0 aromatic rings. The predicted octanol–water partition coefficient (Wildman–Crippen LogP) is 0.801. The Balaban J connectivity index is 2.54. The zero-order chi connectivity index (χ0) is 8.43. The number of carbonyl (C=O) groups is 1. The summed E-state index contributed by atoms with van der Waals surface area (Å²) >= 11 is 0. The van der Waals surface area contributed by atoms with Crippen molar-refractivity contribution in [2.75, 3.05) is 13.6 Å². The van der Waals surface area contributed by atoms with Crippen LogP contribution in [0.4, 0.5) is 0 Å². The van der Waals surface area contributed by atoms with Crippen molar-refractivity contribution >= 4 is 5.97 Å². The van der Waals surface area contributed by atoms with E-state index in [2.05, 4.69) is 6.92 Å². The topological polar surface area (TPSA) is 40.5 Å². The van der Waals surface area contributed by atoms with Gasteiger partial charge in [-0.25, -0.2) is 0 Å². The van der Waals surface area contributed by atoms with Gasteiger partial charge in [0.25, 0.3) is 0 Å². The molecule has 0 aromatic carbocycles. The van der Waals surface area contributed by atoms with Gasteiger partial charge in [0, 0.05) is 0 Å². The third-order valence-electron chi connectivity index (χ3n) is 2.42. The van der Waals surface area contributed by atoms with Crippen LogP contribution in [0.25, 0.3) is 0 Å². The second-order valence-electron chi connectivity index (χ2n) is 3.46. The van der Waals surface area contributed by atoms with E-state index >= 15 is 0 Å². The number of carboxylic acid groups (broad SMARTS) is 1. The molecule has 1 rings (SSSR count). The van der Waals surface area contributed by atoms with Gasteiger partial charge in [0.15, 0.2) is 0 Å². The van der Waals surface area contributed by atoms with Crippen LogP contribution in [-0.4, -0.2) is 35.6 Å². The van der Waals surface area contributed by atoms with Crippen LogP contribution < -0.4 is 0 Å². The first-order valence-electron chi connectivity index (χ1n) is 4.04. The van der Waals surface area contributed by atoms with Crippen LogP contribution in [0.1, 0.15) is 19.8 Å². The number of likely N-dealkylation sites (N-methyl/N-ethyl adjacent to an activating group) is 1. The molecule has 0 aromatic heterocycles. The number of piperidine rings is 1. The van der Waals surface area contributed by atoms with E-state index in [0.29, 0.717) is 5.92 Å². The number of likely N-dealkylation sites (tertiary alicyclic amines) is 1. The summed E-state index contributed by atoms with van der Waals surface area (Å²) in [5.41, 5.74) is 0. The average molecular weight is 157 g/mol. The molecule has 0 unspecified atom stereocenters. The summed E-state index contributed by atoms with van der Waals surface area (Å²) in [5.74, 6) is -0.119. The summed E-state index contributed by atoms with van der Waals surface area (Å²) in [5, 5.41) is 8.78. The molecule has 3 heteroatoms. The smallest absolute Gasteiger partial charge is 0.320 e. The molecule has 1 fully saturated rings. The van der Waals surface area contributed by atoms with Gasteiger partial charge in [-0.05, 0) is 32.4 Å². The lowest BCUT2D eigenvalue weighted by Crippen LogP contribution is -2.44. The monoisotopic (exact) mass is 157 g/mol. The molecule has 1 N–H and O–H groups in total. The highest BCUT2D eigenvalue weighted by Gasteiger charge is 2.28. The van der Waals surface area contributed by atoms with Crippen LogP contribution in [0.3, 0.4) is 0 Å². The van der Waals surface area contributed by atoms with Gasteiger partial charge in [0.2, 0.25) is 0 Å². The SMILES string of the molecule is C[C@@H]1CCN(C)[C@@H](C(=O)O)C1. The summed E-state index contributed by atoms with van der Waals surface area (Å²) in [4.78, 5) is 12.6. The van der Waals surface area contributed by atoms with Gasteiger partial charge < -0.3 is 5.11 Å². The van der Waals surface area contributed by atoms with Gasteiger partial charge >= 0.3 is 5.97 Å². The van der Waals surface area contributed by atoms with Gasteiger partial charge in [-0.1, -0.05) is 6.92 Å². The number of hydrogen-bond acceptors (Lipinski definition) is 2. The van der Waals surface area contributed by atoms with E-state index in [1.54, 1.807) is 0 Å². The molecule has 0 bridgehead atoms. The summed E-state index contributed by atoms with van der Waals surface area (Å²) in [6.07, 6.45) is 1.92. The molecule has 0 amide bonds. The molecule has 1 aliphatic rings. The standard InChI is InChI=1S/C8H15NO2/c1-6-3-4-9(2)7(5-6)8(10)11/h6-7H,3-5H2,1-2H3,(H,10,11)/t6-,7-/m1/s1. The number of rotatable bonds is 1. The Morgan fingerprint density at radius 1 is 1.64 bits per heavy atom. The molecule has 1 aliphatic heterocycles. The zero-order valence-electron chi connectivity index (χ0n) is 7.08. The van der Waals surface area contributed by atoms with Crippen LogP contribution in [0.2, 0.25) is 0 Å². The molecule has 0 saturated carbocycles. The normalized spacial score (nSPS) is 33.6. The average Bonchev–Trinajstić information content (AvgIpc) is 1.94.